The summed E-state index contributed by atoms with van der Waals surface area (Å²) in [6, 6.07) is 7.36. The van der Waals surface area contributed by atoms with Crippen LogP contribution in [0.4, 0.5) is 20.5 Å². The van der Waals surface area contributed by atoms with E-state index in [9.17, 15) is 8.78 Å². The minimum absolute atomic E-state index is 0.245. The van der Waals surface area contributed by atoms with Crippen molar-refractivity contribution >= 4 is 11.8 Å². The highest BCUT2D eigenvalue weighted by Gasteiger charge is 2.24. The Morgan fingerprint density at radius 2 is 1.82 bits per heavy atom. The number of alkyl halides is 2. The van der Waals surface area contributed by atoms with Gasteiger partial charge >= 0.3 is 6.61 Å². The number of hydrogen-bond donors (Lipinski definition) is 2. The SMILES string of the molecule is CN(C)c1nc(N[C@H]2CC[C@@H](CNCc3ccccc3OC(F)F)CC2)nc2c1CCCC2. The van der Waals surface area contributed by atoms with Crippen molar-refractivity contribution < 1.29 is 13.5 Å². The minimum Gasteiger partial charge on any atom is -0.434 e. The second-order valence-electron chi connectivity index (χ2n) is 9.38. The van der Waals surface area contributed by atoms with E-state index in [1.165, 1.54) is 24.1 Å². The first-order chi connectivity index (χ1) is 16.0. The number of hydrogen-bond acceptors (Lipinski definition) is 6. The summed E-state index contributed by atoms with van der Waals surface area (Å²) in [4.78, 5) is 11.8. The van der Waals surface area contributed by atoms with E-state index >= 15 is 0 Å². The third kappa shape index (κ3) is 6.31. The van der Waals surface area contributed by atoms with Gasteiger partial charge in [0, 0.05) is 37.8 Å². The van der Waals surface area contributed by atoms with Crippen LogP contribution in [0.3, 0.4) is 0 Å². The molecule has 8 heteroatoms. The largest absolute Gasteiger partial charge is 0.434 e. The van der Waals surface area contributed by atoms with Crippen LogP contribution in [0.1, 0.15) is 55.3 Å². The molecule has 0 radical (unpaired) electrons. The predicted molar refractivity (Wildman–Crippen MR) is 127 cm³/mol. The van der Waals surface area contributed by atoms with Crippen LogP contribution < -0.4 is 20.3 Å². The number of anilines is 2. The molecular weight excluding hydrogens is 424 g/mol. The van der Waals surface area contributed by atoms with E-state index in [1.807, 2.05) is 12.1 Å². The Morgan fingerprint density at radius 3 is 2.58 bits per heavy atom. The van der Waals surface area contributed by atoms with Crippen LogP contribution in [0, 0.1) is 5.92 Å². The Kier molecular flexibility index (Phi) is 7.96. The lowest BCUT2D eigenvalue weighted by Crippen LogP contribution is -2.32. The van der Waals surface area contributed by atoms with Gasteiger partial charge in [-0.05, 0) is 69.9 Å². The number of rotatable bonds is 9. The molecule has 1 heterocycles. The van der Waals surface area contributed by atoms with Gasteiger partial charge in [-0.2, -0.15) is 13.8 Å². The molecule has 33 heavy (non-hydrogen) atoms. The lowest BCUT2D eigenvalue weighted by atomic mass is 9.86. The first kappa shape index (κ1) is 23.7. The molecule has 2 aliphatic rings. The van der Waals surface area contributed by atoms with E-state index in [1.54, 1.807) is 12.1 Å². The highest BCUT2D eigenvalue weighted by Crippen LogP contribution is 2.30. The fourth-order valence-corrected chi connectivity index (χ4v) is 4.97. The van der Waals surface area contributed by atoms with Gasteiger partial charge in [0.25, 0.3) is 0 Å². The zero-order valence-electron chi connectivity index (χ0n) is 19.6. The normalized spacial score (nSPS) is 20.4. The van der Waals surface area contributed by atoms with Crippen molar-refractivity contribution in [1.29, 1.82) is 0 Å². The average Bonchev–Trinajstić information content (AvgIpc) is 2.80. The Hall–Kier alpha value is -2.48. The lowest BCUT2D eigenvalue weighted by molar-refractivity contribution is -0.0505. The lowest BCUT2D eigenvalue weighted by Gasteiger charge is -2.30. The maximum Gasteiger partial charge on any atom is 0.387 e. The number of aryl methyl sites for hydroxylation is 1. The van der Waals surface area contributed by atoms with Gasteiger partial charge in [0.1, 0.15) is 11.6 Å². The second-order valence-corrected chi connectivity index (χ2v) is 9.38. The third-order valence-corrected chi connectivity index (χ3v) is 6.70. The van der Waals surface area contributed by atoms with Gasteiger partial charge in [0.05, 0.1) is 5.69 Å². The molecule has 6 nitrogen and oxygen atoms in total. The Morgan fingerprint density at radius 1 is 1.06 bits per heavy atom. The Balaban J connectivity index is 1.26. The summed E-state index contributed by atoms with van der Waals surface area (Å²) in [5.74, 6) is 2.64. The van der Waals surface area contributed by atoms with Crippen LogP contribution >= 0.6 is 0 Å². The van der Waals surface area contributed by atoms with Crippen molar-refractivity contribution in [2.45, 2.75) is 70.6 Å². The molecule has 0 unspecified atom stereocenters. The molecule has 1 saturated carbocycles. The summed E-state index contributed by atoms with van der Waals surface area (Å²) in [5, 5.41) is 7.03. The monoisotopic (exact) mass is 459 g/mol. The van der Waals surface area contributed by atoms with Gasteiger partial charge in [0.2, 0.25) is 5.95 Å². The summed E-state index contributed by atoms with van der Waals surface area (Å²) in [5.41, 5.74) is 3.28. The number of benzene rings is 1. The molecule has 0 aliphatic heterocycles. The predicted octanol–water partition coefficient (Wildman–Crippen LogP) is 4.78. The van der Waals surface area contributed by atoms with E-state index in [-0.39, 0.29) is 5.75 Å². The molecule has 1 aromatic carbocycles. The van der Waals surface area contributed by atoms with Crippen LogP contribution in [-0.4, -0.2) is 43.3 Å². The van der Waals surface area contributed by atoms with Crippen LogP contribution in [0.5, 0.6) is 5.75 Å². The van der Waals surface area contributed by atoms with E-state index in [2.05, 4.69) is 34.4 Å². The molecule has 0 atom stereocenters. The van der Waals surface area contributed by atoms with Gasteiger partial charge in [-0.1, -0.05) is 18.2 Å². The molecule has 2 N–H and O–H groups in total. The van der Waals surface area contributed by atoms with Crippen molar-refractivity contribution in [3.63, 3.8) is 0 Å². The summed E-state index contributed by atoms with van der Waals surface area (Å²) < 4.78 is 29.8. The summed E-state index contributed by atoms with van der Waals surface area (Å²) in [7, 11) is 4.11. The highest BCUT2D eigenvalue weighted by molar-refractivity contribution is 5.52. The summed E-state index contributed by atoms with van der Waals surface area (Å²) in [6.07, 6.45) is 8.91. The molecule has 1 fully saturated rings. The maximum atomic E-state index is 12.6. The van der Waals surface area contributed by atoms with Crippen LogP contribution in [0.15, 0.2) is 24.3 Å². The maximum absolute atomic E-state index is 12.6. The van der Waals surface area contributed by atoms with Crippen LogP contribution in [0.2, 0.25) is 0 Å². The van der Waals surface area contributed by atoms with Crippen molar-refractivity contribution in [2.24, 2.45) is 5.92 Å². The number of halogens is 2. The molecule has 0 amide bonds. The van der Waals surface area contributed by atoms with Crippen molar-refractivity contribution in [3.8, 4) is 5.75 Å². The first-order valence-corrected chi connectivity index (χ1v) is 12.1. The van der Waals surface area contributed by atoms with E-state index < -0.39 is 6.61 Å². The molecule has 2 aromatic rings. The van der Waals surface area contributed by atoms with Crippen molar-refractivity contribution in [2.75, 3.05) is 30.9 Å². The van der Waals surface area contributed by atoms with E-state index in [4.69, 9.17) is 9.97 Å². The highest BCUT2D eigenvalue weighted by atomic mass is 19.3. The molecular formula is C25H35F2N5O. The number of aromatic nitrogens is 2. The Labute approximate surface area is 195 Å². The second kappa shape index (κ2) is 11.1. The fraction of sp³-hybridized carbons (Fsp3) is 0.600. The zero-order valence-corrected chi connectivity index (χ0v) is 19.6. The Bertz CT molecular complexity index is 916. The van der Waals surface area contributed by atoms with Crippen molar-refractivity contribution in [3.05, 3.63) is 41.1 Å². The van der Waals surface area contributed by atoms with Gasteiger partial charge in [-0.3, -0.25) is 0 Å². The number of nitrogens with zero attached hydrogens (tertiary/aromatic N) is 3. The molecule has 2 aliphatic carbocycles. The molecule has 4 rings (SSSR count). The van der Waals surface area contributed by atoms with Crippen molar-refractivity contribution in [1.82, 2.24) is 15.3 Å². The number of nitrogens with one attached hydrogen (secondary N) is 2. The summed E-state index contributed by atoms with van der Waals surface area (Å²) >= 11 is 0. The molecule has 0 saturated heterocycles. The smallest absolute Gasteiger partial charge is 0.387 e. The minimum atomic E-state index is -2.80. The molecule has 0 bridgehead atoms. The van der Waals surface area contributed by atoms with E-state index in [0.29, 0.717) is 18.5 Å². The van der Waals surface area contributed by atoms with Gasteiger partial charge < -0.3 is 20.3 Å². The third-order valence-electron chi connectivity index (χ3n) is 6.70. The van der Waals surface area contributed by atoms with Crippen LogP contribution in [-0.2, 0) is 19.4 Å². The number of ether oxygens (including phenoxy) is 1. The number of fused-ring (bicyclic) bond motifs is 1. The van der Waals surface area contributed by atoms with E-state index in [0.717, 1.165) is 62.4 Å². The van der Waals surface area contributed by atoms with Gasteiger partial charge in [-0.25, -0.2) is 4.98 Å². The van der Waals surface area contributed by atoms with Gasteiger partial charge in [-0.15, -0.1) is 0 Å². The summed E-state index contributed by atoms with van der Waals surface area (Å²) in [6.45, 7) is -1.41. The topological polar surface area (TPSA) is 62.3 Å². The molecule has 180 valence electrons. The fourth-order valence-electron chi connectivity index (χ4n) is 4.97. The zero-order chi connectivity index (χ0) is 23.2. The first-order valence-electron chi connectivity index (χ1n) is 12.1. The van der Waals surface area contributed by atoms with Crippen LogP contribution in [0.25, 0.3) is 0 Å². The van der Waals surface area contributed by atoms with Gasteiger partial charge in [0.15, 0.2) is 0 Å². The standard InChI is InChI=1S/C25H35F2N5O/c1-32(2)23-20-8-4-5-9-21(20)30-25(31-23)29-19-13-11-17(12-14-19)15-28-16-18-7-3-6-10-22(18)33-24(26)27/h3,6-7,10,17,19,24,28H,4-5,8-9,11-16H2,1-2H3,(H,29,30,31)/t17-,19+. The molecule has 1 aromatic heterocycles. The number of para-hydroxylation sites is 1. The quantitative estimate of drug-likeness (QED) is 0.563. The molecule has 0 spiro atoms. The average molecular weight is 460 g/mol.